The van der Waals surface area contributed by atoms with Gasteiger partial charge in [-0.15, -0.1) is 0 Å². The van der Waals surface area contributed by atoms with Crippen LogP contribution >= 0.6 is 0 Å². The number of carbonyl (C=O) groups excluding carboxylic acids is 1. The molecule has 0 saturated heterocycles. The average Bonchev–Trinajstić information content (AvgIpc) is 2.67. The van der Waals surface area contributed by atoms with Crippen molar-refractivity contribution in [2.24, 2.45) is 5.92 Å². The van der Waals surface area contributed by atoms with E-state index in [1.165, 1.54) is 19.2 Å². The molecule has 1 atom stereocenters. The predicted octanol–water partition coefficient (Wildman–Crippen LogP) is 2.14. The number of nitrogens with one attached hydrogen (secondary N) is 2. The third-order valence-electron chi connectivity index (χ3n) is 4.10. The Labute approximate surface area is 166 Å². The van der Waals surface area contributed by atoms with E-state index in [2.05, 4.69) is 15.0 Å². The number of hydrogen-bond acceptors (Lipinski definition) is 5. The van der Waals surface area contributed by atoms with Crippen LogP contribution in [0.15, 0.2) is 53.6 Å². The Morgan fingerprint density at radius 1 is 1.14 bits per heavy atom. The minimum absolute atomic E-state index is 0.0864. The fourth-order valence-corrected chi connectivity index (χ4v) is 3.88. The zero-order chi connectivity index (χ0) is 20.6. The molecule has 1 unspecified atom stereocenters. The second-order valence-corrected chi connectivity index (χ2v) is 8.56. The molecule has 2 rings (SSSR count). The van der Waals surface area contributed by atoms with Crippen LogP contribution < -0.4 is 14.8 Å². The van der Waals surface area contributed by atoms with Gasteiger partial charge in [0.2, 0.25) is 15.9 Å². The smallest absolute Gasteiger partial charge is 0.241 e. The van der Waals surface area contributed by atoms with Crippen LogP contribution in [0.5, 0.6) is 5.75 Å². The first-order valence-corrected chi connectivity index (χ1v) is 10.6. The summed E-state index contributed by atoms with van der Waals surface area (Å²) in [6, 6.07) is 10.8. The number of sulfonamides is 1. The Balaban J connectivity index is 2.03. The summed E-state index contributed by atoms with van der Waals surface area (Å²) >= 11 is 0. The van der Waals surface area contributed by atoms with E-state index >= 15 is 0 Å². The molecule has 0 aliphatic rings. The number of ether oxygens (including phenoxy) is 1. The molecule has 0 aliphatic heterocycles. The molecule has 1 heterocycles. The highest BCUT2D eigenvalue weighted by Gasteiger charge is 2.26. The van der Waals surface area contributed by atoms with Gasteiger partial charge in [0, 0.05) is 24.9 Å². The van der Waals surface area contributed by atoms with Crippen LogP contribution in [0, 0.1) is 5.92 Å². The number of methoxy groups -OCH3 is 1. The molecule has 8 heteroatoms. The van der Waals surface area contributed by atoms with E-state index in [0.717, 1.165) is 5.69 Å². The molecule has 7 nitrogen and oxygen atoms in total. The van der Waals surface area contributed by atoms with E-state index in [-0.39, 0.29) is 16.7 Å². The number of carbonyl (C=O) groups is 1. The van der Waals surface area contributed by atoms with Gasteiger partial charge in [-0.05, 0) is 48.7 Å². The number of nitrogens with zero attached hydrogens (tertiary/aromatic N) is 1. The molecule has 1 amide bonds. The van der Waals surface area contributed by atoms with Crippen molar-refractivity contribution in [3.8, 4) is 5.75 Å². The zero-order valence-corrected chi connectivity index (χ0v) is 17.2. The SMILES string of the molecule is COc1ccc(S(=O)(=O)NC(CC(C)C)C(=O)NCCc2ccccn2)cc1. The molecule has 2 aromatic rings. The van der Waals surface area contributed by atoms with Crippen LogP contribution in [0.3, 0.4) is 0 Å². The fourth-order valence-electron chi connectivity index (χ4n) is 2.67. The molecular formula is C20H27N3O4S. The first-order chi connectivity index (χ1) is 13.3. The standard InChI is InChI=1S/C20H27N3O4S/c1-15(2)14-19(20(24)22-13-11-16-6-4-5-12-21-16)23-28(25,26)18-9-7-17(27-3)8-10-18/h4-10,12,15,19,23H,11,13-14H2,1-3H3,(H,22,24). The van der Waals surface area contributed by atoms with Crippen LogP contribution in [-0.2, 0) is 21.2 Å². The third kappa shape index (κ3) is 6.61. The summed E-state index contributed by atoms with van der Waals surface area (Å²) in [5.41, 5.74) is 0.863. The lowest BCUT2D eigenvalue weighted by molar-refractivity contribution is -0.123. The maximum atomic E-state index is 12.7. The second kappa shape index (κ2) is 10.2. The van der Waals surface area contributed by atoms with Crippen molar-refractivity contribution in [2.75, 3.05) is 13.7 Å². The molecule has 0 spiro atoms. The Morgan fingerprint density at radius 3 is 2.43 bits per heavy atom. The van der Waals surface area contributed by atoms with Gasteiger partial charge in [0.25, 0.3) is 0 Å². The van der Waals surface area contributed by atoms with E-state index in [4.69, 9.17) is 4.74 Å². The Bertz CT molecular complexity index is 853. The number of aromatic nitrogens is 1. The van der Waals surface area contributed by atoms with Crippen molar-refractivity contribution in [2.45, 2.75) is 37.6 Å². The molecule has 0 aliphatic carbocycles. The predicted molar refractivity (Wildman–Crippen MR) is 108 cm³/mol. The summed E-state index contributed by atoms with van der Waals surface area (Å²) in [4.78, 5) is 16.9. The maximum Gasteiger partial charge on any atom is 0.241 e. The molecule has 0 saturated carbocycles. The maximum absolute atomic E-state index is 12.7. The van der Waals surface area contributed by atoms with E-state index in [0.29, 0.717) is 25.1 Å². The highest BCUT2D eigenvalue weighted by Crippen LogP contribution is 2.17. The fraction of sp³-hybridized carbons (Fsp3) is 0.400. The van der Waals surface area contributed by atoms with Crippen LogP contribution in [0.4, 0.5) is 0 Å². The van der Waals surface area contributed by atoms with Gasteiger partial charge in [-0.2, -0.15) is 4.72 Å². The highest BCUT2D eigenvalue weighted by atomic mass is 32.2. The average molecular weight is 406 g/mol. The summed E-state index contributed by atoms with van der Waals surface area (Å²) in [6.07, 6.45) is 2.67. The van der Waals surface area contributed by atoms with Crippen LogP contribution in [0.2, 0.25) is 0 Å². The number of rotatable bonds is 10. The monoisotopic (exact) mass is 405 g/mol. The molecule has 2 N–H and O–H groups in total. The van der Waals surface area contributed by atoms with Gasteiger partial charge < -0.3 is 10.1 Å². The van der Waals surface area contributed by atoms with Crippen molar-refractivity contribution in [3.63, 3.8) is 0 Å². The molecular weight excluding hydrogens is 378 g/mol. The second-order valence-electron chi connectivity index (χ2n) is 6.84. The Kier molecular flexibility index (Phi) is 7.95. The summed E-state index contributed by atoms with van der Waals surface area (Å²) < 4.78 is 32.9. The van der Waals surface area contributed by atoms with E-state index in [9.17, 15) is 13.2 Å². The van der Waals surface area contributed by atoms with E-state index in [1.54, 1.807) is 18.3 Å². The summed E-state index contributed by atoms with van der Waals surface area (Å²) in [6.45, 7) is 4.26. The largest absolute Gasteiger partial charge is 0.497 e. The van der Waals surface area contributed by atoms with Gasteiger partial charge in [0.1, 0.15) is 11.8 Å². The van der Waals surface area contributed by atoms with Gasteiger partial charge in [-0.25, -0.2) is 8.42 Å². The van der Waals surface area contributed by atoms with Crippen LogP contribution in [-0.4, -0.2) is 39.0 Å². The molecule has 0 fully saturated rings. The lowest BCUT2D eigenvalue weighted by Crippen LogP contribution is -2.47. The lowest BCUT2D eigenvalue weighted by Gasteiger charge is -2.20. The lowest BCUT2D eigenvalue weighted by atomic mass is 10.0. The Morgan fingerprint density at radius 2 is 1.86 bits per heavy atom. The van der Waals surface area contributed by atoms with E-state index < -0.39 is 16.1 Å². The molecule has 0 radical (unpaired) electrons. The highest BCUT2D eigenvalue weighted by molar-refractivity contribution is 7.89. The Hall–Kier alpha value is -2.45. The van der Waals surface area contributed by atoms with Crippen molar-refractivity contribution >= 4 is 15.9 Å². The summed E-state index contributed by atoms with van der Waals surface area (Å²) in [5.74, 6) is 0.358. The minimum atomic E-state index is -3.83. The van der Waals surface area contributed by atoms with Crippen molar-refractivity contribution in [1.29, 1.82) is 0 Å². The van der Waals surface area contributed by atoms with Gasteiger partial charge in [0.15, 0.2) is 0 Å². The van der Waals surface area contributed by atoms with Gasteiger partial charge in [0.05, 0.1) is 12.0 Å². The van der Waals surface area contributed by atoms with Crippen LogP contribution in [0.1, 0.15) is 26.0 Å². The van der Waals surface area contributed by atoms with Crippen LogP contribution in [0.25, 0.3) is 0 Å². The van der Waals surface area contributed by atoms with Crippen molar-refractivity contribution in [1.82, 2.24) is 15.0 Å². The molecule has 152 valence electrons. The zero-order valence-electron chi connectivity index (χ0n) is 16.4. The topological polar surface area (TPSA) is 97.4 Å². The van der Waals surface area contributed by atoms with Gasteiger partial charge >= 0.3 is 0 Å². The summed E-state index contributed by atoms with van der Waals surface area (Å²) in [7, 11) is -2.32. The number of amides is 1. The van der Waals surface area contributed by atoms with Gasteiger partial charge in [-0.1, -0.05) is 19.9 Å². The van der Waals surface area contributed by atoms with Crippen molar-refractivity contribution < 1.29 is 17.9 Å². The van der Waals surface area contributed by atoms with E-state index in [1.807, 2.05) is 32.0 Å². The molecule has 0 bridgehead atoms. The summed E-state index contributed by atoms with van der Waals surface area (Å²) in [5, 5.41) is 2.80. The molecule has 28 heavy (non-hydrogen) atoms. The third-order valence-corrected chi connectivity index (χ3v) is 5.58. The number of hydrogen-bond donors (Lipinski definition) is 2. The number of benzene rings is 1. The molecule has 1 aromatic heterocycles. The first-order valence-electron chi connectivity index (χ1n) is 9.16. The normalized spacial score (nSPS) is 12.6. The minimum Gasteiger partial charge on any atom is -0.497 e. The van der Waals surface area contributed by atoms with Crippen molar-refractivity contribution in [3.05, 3.63) is 54.4 Å². The molecule has 1 aromatic carbocycles. The number of pyridine rings is 1. The first kappa shape index (κ1) is 21.8. The quantitative estimate of drug-likeness (QED) is 0.631. The van der Waals surface area contributed by atoms with Gasteiger partial charge in [-0.3, -0.25) is 9.78 Å².